The largest absolute Gasteiger partial charge is 0.453 e. The number of hydrogen-bond donors (Lipinski definition) is 4. The van der Waals surface area contributed by atoms with Crippen LogP contribution < -0.4 is 16.0 Å². The first kappa shape index (κ1) is 38.0. The third-order valence-corrected chi connectivity index (χ3v) is 8.79. The number of methoxy groups -OCH3 is 1. The quantitative estimate of drug-likeness (QED) is 0.0828. The van der Waals surface area contributed by atoms with Crippen LogP contribution in [0.5, 0.6) is 0 Å². The molecule has 0 spiro atoms. The van der Waals surface area contributed by atoms with Crippen LogP contribution in [0.4, 0.5) is 10.5 Å². The summed E-state index contributed by atoms with van der Waals surface area (Å²) in [5, 5.41) is 21.5. The first-order valence-corrected chi connectivity index (χ1v) is 17.7. The number of nitrogens with one attached hydrogen (secondary N) is 4. The van der Waals surface area contributed by atoms with Crippen molar-refractivity contribution in [3.8, 4) is 16.9 Å². The molecule has 0 saturated heterocycles. The van der Waals surface area contributed by atoms with Crippen molar-refractivity contribution >= 4 is 40.9 Å². The minimum Gasteiger partial charge on any atom is -0.453 e. The average Bonchev–Trinajstić information content (AvgIpc) is 3.86. The standard InChI is InChI=1S/C37H37Cl2N11O4/c1-23-18-41-29(19-40-23)20-42-33(54-21-24-6-4-3-5-7-24)17-30(36-46-34(35(39)47-36)25-8-12-28(13-9-25)44-37(52)53-2)45-32(51)15-10-26-16-27(38)11-14-31(26)50-22-43-48-49-50/h3-9,11-14,16,18-19,22,30,33,42H,10,15,17,20-21H2,1-2H3,(H,44,52)(H,45,51)(H,46,47)/t30-,33?/m0/s1. The molecule has 54 heavy (non-hydrogen) atoms. The zero-order valence-electron chi connectivity index (χ0n) is 29.4. The monoisotopic (exact) mass is 769 g/mol. The van der Waals surface area contributed by atoms with Gasteiger partial charge in [-0.25, -0.2) is 14.5 Å². The van der Waals surface area contributed by atoms with E-state index in [0.29, 0.717) is 53.1 Å². The lowest BCUT2D eigenvalue weighted by Crippen LogP contribution is -2.38. The van der Waals surface area contributed by atoms with E-state index in [1.165, 1.54) is 18.1 Å². The minimum absolute atomic E-state index is 0.115. The van der Waals surface area contributed by atoms with Gasteiger partial charge in [-0.2, -0.15) is 0 Å². The Morgan fingerprint density at radius 2 is 1.81 bits per heavy atom. The maximum atomic E-state index is 13.8. The lowest BCUT2D eigenvalue weighted by Gasteiger charge is -2.25. The van der Waals surface area contributed by atoms with Crippen molar-refractivity contribution in [2.75, 3.05) is 12.4 Å². The normalized spacial score (nSPS) is 12.2. The fourth-order valence-corrected chi connectivity index (χ4v) is 5.98. The van der Waals surface area contributed by atoms with Crippen molar-refractivity contribution < 1.29 is 19.1 Å². The Balaban J connectivity index is 1.26. The third-order valence-electron chi connectivity index (χ3n) is 8.28. The zero-order valence-corrected chi connectivity index (χ0v) is 30.9. The summed E-state index contributed by atoms with van der Waals surface area (Å²) < 4.78 is 12.6. The molecule has 0 saturated carbocycles. The number of nitrogens with zero attached hydrogens (tertiary/aromatic N) is 7. The van der Waals surface area contributed by atoms with E-state index in [0.717, 1.165) is 22.5 Å². The van der Waals surface area contributed by atoms with Crippen LogP contribution in [0.2, 0.25) is 10.2 Å². The van der Waals surface area contributed by atoms with Gasteiger partial charge in [0.1, 0.15) is 29.2 Å². The summed E-state index contributed by atoms with van der Waals surface area (Å²) in [5.74, 6) is 0.170. The predicted molar refractivity (Wildman–Crippen MR) is 202 cm³/mol. The summed E-state index contributed by atoms with van der Waals surface area (Å²) in [6.07, 6.45) is 4.46. The van der Waals surface area contributed by atoms with Gasteiger partial charge in [0.25, 0.3) is 0 Å². The van der Waals surface area contributed by atoms with Crippen molar-refractivity contribution in [1.29, 1.82) is 0 Å². The second kappa shape index (κ2) is 18.3. The molecular formula is C37H37Cl2N11O4. The highest BCUT2D eigenvalue weighted by molar-refractivity contribution is 6.32. The SMILES string of the molecule is COC(=O)Nc1ccc(-c2nc([C@H](CC(NCc3cnc(C)cn3)OCc3ccccc3)NC(=O)CCc3cc(Cl)ccc3-n3cnnn3)[nH]c2Cl)cc1. The minimum atomic E-state index is -0.681. The van der Waals surface area contributed by atoms with Gasteiger partial charge in [-0.1, -0.05) is 65.7 Å². The van der Waals surface area contributed by atoms with E-state index in [1.807, 2.05) is 37.3 Å². The van der Waals surface area contributed by atoms with Crippen molar-refractivity contribution in [3.05, 3.63) is 130 Å². The number of carbonyl (C=O) groups is 2. The molecule has 0 aliphatic heterocycles. The molecule has 3 heterocycles. The molecule has 0 fully saturated rings. The number of aryl methyl sites for hydroxylation is 2. The molecule has 0 radical (unpaired) electrons. The van der Waals surface area contributed by atoms with Crippen molar-refractivity contribution in [3.63, 3.8) is 0 Å². The number of H-pyrrole nitrogens is 1. The highest BCUT2D eigenvalue weighted by Crippen LogP contribution is 2.30. The Kier molecular flexibility index (Phi) is 12.9. The summed E-state index contributed by atoms with van der Waals surface area (Å²) in [7, 11) is 1.29. The van der Waals surface area contributed by atoms with Crippen LogP contribution in [0.15, 0.2) is 91.5 Å². The topological polar surface area (TPSA) is 187 Å². The van der Waals surface area contributed by atoms with Gasteiger partial charge < -0.3 is 19.8 Å². The fraction of sp³-hybridized carbons (Fsp3) is 0.243. The van der Waals surface area contributed by atoms with Gasteiger partial charge in [0.15, 0.2) is 0 Å². The number of halogens is 2. The summed E-state index contributed by atoms with van der Waals surface area (Å²) >= 11 is 13.1. The number of aromatic nitrogens is 8. The molecule has 0 aliphatic rings. The molecule has 3 aromatic heterocycles. The molecule has 0 aliphatic carbocycles. The van der Waals surface area contributed by atoms with E-state index in [9.17, 15) is 9.59 Å². The van der Waals surface area contributed by atoms with Gasteiger partial charge in [0, 0.05) is 48.1 Å². The number of amides is 2. The van der Waals surface area contributed by atoms with Crippen molar-refractivity contribution in [2.24, 2.45) is 0 Å². The smallest absolute Gasteiger partial charge is 0.411 e. The van der Waals surface area contributed by atoms with Crippen LogP contribution in [-0.2, 0) is 33.8 Å². The molecule has 2 atom stereocenters. The van der Waals surface area contributed by atoms with E-state index >= 15 is 0 Å². The number of imidazole rings is 1. The number of tetrazole rings is 1. The van der Waals surface area contributed by atoms with E-state index in [4.69, 9.17) is 32.9 Å². The molecule has 6 aromatic rings. The summed E-state index contributed by atoms with van der Waals surface area (Å²) in [6.45, 7) is 2.54. The number of ether oxygens (including phenoxy) is 2. The first-order valence-electron chi connectivity index (χ1n) is 16.9. The highest BCUT2D eigenvalue weighted by atomic mass is 35.5. The van der Waals surface area contributed by atoms with E-state index in [2.05, 4.69) is 51.2 Å². The van der Waals surface area contributed by atoms with Gasteiger partial charge in [-0.05, 0) is 65.2 Å². The van der Waals surface area contributed by atoms with Gasteiger partial charge >= 0.3 is 6.09 Å². The second-order valence-electron chi connectivity index (χ2n) is 12.2. The molecule has 1 unspecified atom stereocenters. The van der Waals surface area contributed by atoms with Crippen LogP contribution in [0.3, 0.4) is 0 Å². The van der Waals surface area contributed by atoms with E-state index in [1.54, 1.807) is 54.9 Å². The number of benzene rings is 3. The predicted octanol–water partition coefficient (Wildman–Crippen LogP) is 6.15. The Morgan fingerprint density at radius 3 is 2.54 bits per heavy atom. The highest BCUT2D eigenvalue weighted by Gasteiger charge is 2.26. The summed E-state index contributed by atoms with van der Waals surface area (Å²) in [6, 6.07) is 21.4. The molecule has 0 bridgehead atoms. The number of rotatable bonds is 16. The zero-order chi connectivity index (χ0) is 37.9. The molecule has 17 heteroatoms. The molecule has 4 N–H and O–H groups in total. The van der Waals surface area contributed by atoms with Crippen molar-refractivity contribution in [1.82, 2.24) is 50.8 Å². The lowest BCUT2D eigenvalue weighted by atomic mass is 10.1. The number of anilines is 1. The van der Waals surface area contributed by atoms with Crippen LogP contribution in [0, 0.1) is 6.92 Å². The van der Waals surface area contributed by atoms with Gasteiger partial charge in [-0.15, -0.1) is 5.10 Å². The average molecular weight is 771 g/mol. The summed E-state index contributed by atoms with van der Waals surface area (Å²) in [4.78, 5) is 42.3. The number of hydrogen-bond acceptors (Lipinski definition) is 11. The Morgan fingerprint density at radius 1 is 1.00 bits per heavy atom. The third kappa shape index (κ3) is 10.4. The second-order valence-corrected chi connectivity index (χ2v) is 13.0. The Bertz CT molecular complexity index is 2130. The van der Waals surface area contributed by atoms with Crippen LogP contribution in [0.1, 0.15) is 47.2 Å². The summed E-state index contributed by atoms with van der Waals surface area (Å²) in [5.41, 5.74) is 5.70. The lowest BCUT2D eigenvalue weighted by molar-refractivity contribution is -0.122. The molecule has 6 rings (SSSR count). The maximum Gasteiger partial charge on any atom is 0.411 e. The van der Waals surface area contributed by atoms with Gasteiger partial charge in [-0.3, -0.25) is 25.4 Å². The molecule has 3 aromatic carbocycles. The maximum absolute atomic E-state index is 13.8. The van der Waals surface area contributed by atoms with Crippen LogP contribution >= 0.6 is 23.2 Å². The number of carbonyl (C=O) groups excluding carboxylic acids is 2. The first-order chi connectivity index (χ1) is 26.2. The Labute approximate surface area is 320 Å². The molecular weight excluding hydrogens is 733 g/mol. The van der Waals surface area contributed by atoms with Gasteiger partial charge in [0.05, 0.1) is 36.8 Å². The van der Waals surface area contributed by atoms with Gasteiger partial charge in [0.2, 0.25) is 5.91 Å². The number of aromatic amines is 1. The van der Waals surface area contributed by atoms with Crippen molar-refractivity contribution in [2.45, 2.75) is 51.6 Å². The van der Waals surface area contributed by atoms with E-state index < -0.39 is 18.4 Å². The molecule has 2 amide bonds. The van der Waals surface area contributed by atoms with Crippen LogP contribution in [-0.4, -0.2) is 65.5 Å². The van der Waals surface area contributed by atoms with Crippen LogP contribution in [0.25, 0.3) is 16.9 Å². The molecule has 15 nitrogen and oxygen atoms in total. The Hall–Kier alpha value is -5.74. The fourth-order valence-electron chi connectivity index (χ4n) is 5.53. The van der Waals surface area contributed by atoms with E-state index in [-0.39, 0.29) is 23.9 Å². The molecule has 278 valence electrons.